The number of nitrogens with zero attached hydrogens (tertiary/aromatic N) is 4. The van der Waals surface area contributed by atoms with Gasteiger partial charge in [-0.15, -0.1) is 0 Å². The molecular formula is C30H32N6O9S2. The first-order chi connectivity index (χ1) is 22.0. The molecule has 6 rings (SSSR count). The lowest BCUT2D eigenvalue weighted by molar-refractivity contribution is 0.0679. The van der Waals surface area contributed by atoms with Gasteiger partial charge in [-0.3, -0.25) is 28.2 Å². The van der Waals surface area contributed by atoms with Crippen LogP contribution in [0.1, 0.15) is 60.5 Å². The lowest BCUT2D eigenvalue weighted by atomic mass is 10.2. The number of nitrogens with one attached hydrogen (secondary N) is 2. The maximum absolute atomic E-state index is 12.5. The third kappa shape index (κ3) is 7.21. The lowest BCUT2D eigenvalue weighted by Crippen LogP contribution is -2.16. The van der Waals surface area contributed by atoms with Gasteiger partial charge in [-0.25, -0.2) is 28.6 Å². The number of aromatic carboxylic acids is 2. The summed E-state index contributed by atoms with van der Waals surface area (Å²) in [5, 5.41) is 23.6. The predicted octanol–water partition coefficient (Wildman–Crippen LogP) is 2.74. The summed E-state index contributed by atoms with van der Waals surface area (Å²) < 4.78 is 26.6. The highest BCUT2D eigenvalue weighted by Crippen LogP contribution is 2.18. The van der Waals surface area contributed by atoms with E-state index in [4.69, 9.17) is 10.2 Å². The largest absolute Gasteiger partial charge is 0.477 e. The van der Waals surface area contributed by atoms with E-state index in [-0.39, 0.29) is 28.2 Å². The molecule has 0 bridgehead atoms. The second-order valence-electron chi connectivity index (χ2n) is 10.3. The molecule has 2 unspecified atom stereocenters. The van der Waals surface area contributed by atoms with Crippen LogP contribution in [0.2, 0.25) is 0 Å². The van der Waals surface area contributed by atoms with Crippen LogP contribution < -0.4 is 11.1 Å². The minimum atomic E-state index is -1.17. The molecule has 4 aromatic heterocycles. The first-order valence-corrected chi connectivity index (χ1v) is 17.0. The SMILES string of the molecule is CCCCS(=O)c1ccc2nc3cc(C(=O)O)[nH]n3c(=O)c2c1.CCCCS(=O)c1ccc2nc3cc(C(=O)O)[nH]n3c(=O)c2c1.O. The molecule has 17 heteroatoms. The second kappa shape index (κ2) is 14.6. The summed E-state index contributed by atoms with van der Waals surface area (Å²) in [7, 11) is -2.33. The van der Waals surface area contributed by atoms with E-state index >= 15 is 0 Å². The Balaban J connectivity index is 0.000000208. The first-order valence-electron chi connectivity index (χ1n) is 14.4. The smallest absolute Gasteiger partial charge is 0.353 e. The molecule has 0 radical (unpaired) electrons. The molecule has 0 saturated carbocycles. The molecule has 0 saturated heterocycles. The molecule has 0 spiro atoms. The van der Waals surface area contributed by atoms with Crippen LogP contribution in [0.25, 0.3) is 33.1 Å². The van der Waals surface area contributed by atoms with Crippen molar-refractivity contribution in [2.24, 2.45) is 0 Å². The van der Waals surface area contributed by atoms with Crippen LogP contribution in [0.4, 0.5) is 0 Å². The maximum atomic E-state index is 12.5. The van der Waals surface area contributed by atoms with Crippen molar-refractivity contribution in [3.63, 3.8) is 0 Å². The highest BCUT2D eigenvalue weighted by molar-refractivity contribution is 7.85. The monoisotopic (exact) mass is 684 g/mol. The van der Waals surface area contributed by atoms with Gasteiger partial charge in [0, 0.05) is 33.4 Å². The maximum Gasteiger partial charge on any atom is 0.353 e. The quantitative estimate of drug-likeness (QED) is 0.164. The van der Waals surface area contributed by atoms with Crippen LogP contribution in [0, 0.1) is 0 Å². The fourth-order valence-corrected chi connectivity index (χ4v) is 7.14. The zero-order chi connectivity index (χ0) is 33.1. The summed E-state index contributed by atoms with van der Waals surface area (Å²) in [6.07, 6.45) is 3.59. The van der Waals surface area contributed by atoms with Crippen LogP contribution in [-0.2, 0) is 21.6 Å². The van der Waals surface area contributed by atoms with Crippen molar-refractivity contribution in [3.05, 3.63) is 80.6 Å². The predicted molar refractivity (Wildman–Crippen MR) is 177 cm³/mol. The Morgan fingerprint density at radius 1 is 0.702 bits per heavy atom. The van der Waals surface area contributed by atoms with E-state index in [0.717, 1.165) is 34.7 Å². The zero-order valence-corrected chi connectivity index (χ0v) is 26.9. The van der Waals surface area contributed by atoms with Gasteiger partial charge in [0.15, 0.2) is 11.3 Å². The van der Waals surface area contributed by atoms with Gasteiger partial charge in [0.25, 0.3) is 11.1 Å². The number of carboxylic acid groups (broad SMARTS) is 2. The Labute approximate surface area is 270 Å². The van der Waals surface area contributed by atoms with Gasteiger partial charge in [-0.05, 0) is 49.2 Å². The Morgan fingerprint density at radius 2 is 1.09 bits per heavy atom. The van der Waals surface area contributed by atoms with Crippen molar-refractivity contribution in [3.8, 4) is 0 Å². The molecular weight excluding hydrogens is 652 g/mol. The molecule has 2 atom stereocenters. The van der Waals surface area contributed by atoms with Crippen LogP contribution in [0.15, 0.2) is 67.9 Å². The van der Waals surface area contributed by atoms with Gasteiger partial charge < -0.3 is 15.7 Å². The molecule has 0 amide bonds. The van der Waals surface area contributed by atoms with Gasteiger partial charge in [-0.1, -0.05) is 26.7 Å². The molecule has 47 heavy (non-hydrogen) atoms. The third-order valence-corrected chi connectivity index (χ3v) is 9.97. The minimum Gasteiger partial charge on any atom is -0.477 e. The standard InChI is InChI=1S/2C15H15N3O4S.H2O/c2*1-2-3-6-23(22)9-4-5-11-10(7-9)14(19)18-13(16-11)8-12(17-18)15(20)21;/h2*4-5,7-8,17H,2-3,6H2,1H3,(H,20,21);1H2. The average Bonchev–Trinajstić information content (AvgIpc) is 3.68. The van der Waals surface area contributed by atoms with Gasteiger partial charge in [-0.2, -0.15) is 0 Å². The van der Waals surface area contributed by atoms with E-state index in [1.807, 2.05) is 13.8 Å². The summed E-state index contributed by atoms with van der Waals surface area (Å²) >= 11 is 0. The molecule has 248 valence electrons. The molecule has 6 N–H and O–H groups in total. The van der Waals surface area contributed by atoms with E-state index in [2.05, 4.69) is 20.2 Å². The van der Waals surface area contributed by atoms with Crippen LogP contribution >= 0.6 is 0 Å². The van der Waals surface area contributed by atoms with Crippen molar-refractivity contribution in [2.45, 2.75) is 49.3 Å². The summed E-state index contributed by atoms with van der Waals surface area (Å²) in [6, 6.07) is 12.4. The highest BCUT2D eigenvalue weighted by atomic mass is 32.2. The number of H-pyrrole nitrogens is 2. The number of aromatic amines is 2. The number of carbonyl (C=O) groups is 2. The molecule has 0 fully saturated rings. The van der Waals surface area contributed by atoms with E-state index < -0.39 is 44.7 Å². The number of carboxylic acids is 2. The first kappa shape index (κ1) is 34.9. The van der Waals surface area contributed by atoms with E-state index in [0.29, 0.717) is 43.1 Å². The molecule has 6 aromatic rings. The van der Waals surface area contributed by atoms with Gasteiger partial charge in [0.05, 0.1) is 43.4 Å². The molecule has 15 nitrogen and oxygen atoms in total. The number of hydrogen-bond acceptors (Lipinski definition) is 8. The Morgan fingerprint density at radius 3 is 1.43 bits per heavy atom. The normalized spacial score (nSPS) is 12.5. The Kier molecular flexibility index (Phi) is 10.8. The van der Waals surface area contributed by atoms with Crippen molar-refractivity contribution in [2.75, 3.05) is 11.5 Å². The van der Waals surface area contributed by atoms with Crippen molar-refractivity contribution in [1.29, 1.82) is 0 Å². The number of unbranched alkanes of at least 4 members (excludes halogenated alkanes) is 2. The zero-order valence-electron chi connectivity index (χ0n) is 25.3. The van der Waals surface area contributed by atoms with E-state index in [1.54, 1.807) is 36.4 Å². The average molecular weight is 685 g/mol. The number of fused-ring (bicyclic) bond motifs is 4. The molecule has 2 aromatic carbocycles. The second-order valence-corrected chi connectivity index (χ2v) is 13.5. The van der Waals surface area contributed by atoms with Crippen molar-refractivity contribution < 1.29 is 33.7 Å². The summed E-state index contributed by atoms with van der Waals surface area (Å²) in [5.41, 5.74) is 0.316. The summed E-state index contributed by atoms with van der Waals surface area (Å²) in [4.78, 5) is 56.7. The number of rotatable bonds is 10. The van der Waals surface area contributed by atoms with Crippen molar-refractivity contribution >= 4 is 66.6 Å². The van der Waals surface area contributed by atoms with Crippen LogP contribution in [0.5, 0.6) is 0 Å². The highest BCUT2D eigenvalue weighted by Gasteiger charge is 2.15. The lowest BCUT2D eigenvalue weighted by Gasteiger charge is -2.03. The molecule has 0 aliphatic rings. The Bertz CT molecular complexity index is 2140. The van der Waals surface area contributed by atoms with E-state index in [9.17, 15) is 27.6 Å². The van der Waals surface area contributed by atoms with Crippen LogP contribution in [-0.4, -0.2) is 76.7 Å². The Hall–Kier alpha value is -5.00. The molecule has 0 aliphatic heterocycles. The van der Waals surface area contributed by atoms with Gasteiger partial charge in [0.1, 0.15) is 11.4 Å². The summed E-state index contributed by atoms with van der Waals surface area (Å²) in [6.45, 7) is 4.05. The number of hydrogen-bond donors (Lipinski definition) is 4. The number of benzene rings is 2. The molecule has 0 aliphatic carbocycles. The fourth-order valence-electron chi connectivity index (χ4n) is 4.63. The molecule has 4 heterocycles. The van der Waals surface area contributed by atoms with E-state index in [1.165, 1.54) is 12.1 Å². The van der Waals surface area contributed by atoms with Crippen molar-refractivity contribution in [1.82, 2.24) is 29.2 Å². The van der Waals surface area contributed by atoms with Gasteiger partial charge >= 0.3 is 11.9 Å². The topological polar surface area (TPSA) is 241 Å². The third-order valence-electron chi connectivity index (χ3n) is 7.10. The summed E-state index contributed by atoms with van der Waals surface area (Å²) in [5.74, 6) is -1.24. The van der Waals surface area contributed by atoms with Gasteiger partial charge in [0.2, 0.25) is 0 Å². The fraction of sp³-hybridized carbons (Fsp3) is 0.267. The number of aromatic nitrogens is 6. The van der Waals surface area contributed by atoms with Crippen LogP contribution in [0.3, 0.4) is 0 Å². The minimum absolute atomic E-state index is 0.